The van der Waals surface area contributed by atoms with Gasteiger partial charge in [0.25, 0.3) is 0 Å². The molecule has 2 unspecified atom stereocenters. The molecular weight excluding hydrogens is 1360 g/mol. The number of ether oxygens (including phenoxy) is 5. The van der Waals surface area contributed by atoms with E-state index < -0.39 is 71.1 Å². The zero-order chi connectivity index (χ0) is 63.3. The largest absolute Gasteiger partial charge is 1.00 e. The molecule has 5 aromatic heterocycles. The second kappa shape index (κ2) is 34.8. The predicted octanol–water partition coefficient (Wildman–Crippen LogP) is 9.32. The SMILES string of the molecule is C=C(C)c1ccc(F)c2[nH]c(C(=O)OC)cc12.COC(=O)c1cc2c(Br)ccc(F)c2[nH]1.COC(=O)c1cc2c(C(C)=O)ccc(F)c2[nH]1.COC(=O)c1cc2c(C(C)O)ccc(F)c2[nH]1.COC(=O)c1cc2c(C(C)O)ccc(F)c2[nH]1.[B-].[B].[B]I.[K+]. The predicted molar refractivity (Wildman–Crippen MR) is 333 cm³/mol. The smallest absolute Gasteiger partial charge is 1.00 e. The number of allylic oxidation sites excluding steroid dienone is 1. The molecule has 10 rings (SSSR count). The van der Waals surface area contributed by atoms with Gasteiger partial charge in [0.15, 0.2) is 11.5 Å². The second-order valence-corrected chi connectivity index (χ2v) is 18.9. The Labute approximate surface area is 569 Å². The molecule has 18 nitrogen and oxygen atoms in total. The van der Waals surface area contributed by atoms with E-state index in [1.165, 1.54) is 109 Å². The number of esters is 5. The molecule has 5 aromatic carbocycles. The summed E-state index contributed by atoms with van der Waals surface area (Å²) in [5.74, 6) is -5.23. The molecule has 9 radical (unpaired) electrons. The van der Waals surface area contributed by atoms with Crippen molar-refractivity contribution < 1.29 is 136 Å². The first-order valence-electron chi connectivity index (χ1n) is 24.7. The van der Waals surface area contributed by atoms with E-state index in [9.17, 15) is 60.9 Å². The van der Waals surface area contributed by atoms with Gasteiger partial charge in [-0.2, -0.15) is 22.4 Å². The van der Waals surface area contributed by atoms with E-state index in [1.807, 2.05) is 6.92 Å². The van der Waals surface area contributed by atoms with Gasteiger partial charge in [-0.15, -0.1) is 0 Å². The number of aliphatic hydroxyl groups is 2. The van der Waals surface area contributed by atoms with Gasteiger partial charge >= 0.3 is 81.2 Å². The van der Waals surface area contributed by atoms with E-state index in [0.717, 1.165) is 15.6 Å². The van der Waals surface area contributed by atoms with Crippen molar-refractivity contribution in [1.82, 2.24) is 24.9 Å². The summed E-state index contributed by atoms with van der Waals surface area (Å²) in [6.45, 7) is 10.2. The van der Waals surface area contributed by atoms with Gasteiger partial charge in [0.2, 0.25) is 0 Å². The van der Waals surface area contributed by atoms with Gasteiger partial charge in [-0.05, 0) is 117 Å². The molecule has 0 bridgehead atoms. The van der Waals surface area contributed by atoms with Crippen molar-refractivity contribution in [2.75, 3.05) is 35.5 Å². The number of aromatic amines is 5. The van der Waals surface area contributed by atoms with E-state index in [1.54, 1.807) is 60.5 Å². The van der Waals surface area contributed by atoms with E-state index in [0.29, 0.717) is 54.7 Å². The van der Waals surface area contributed by atoms with Crippen molar-refractivity contribution in [3.05, 3.63) is 182 Å². The molecule has 0 spiro atoms. The molecule has 88 heavy (non-hydrogen) atoms. The van der Waals surface area contributed by atoms with Crippen molar-refractivity contribution in [3.63, 3.8) is 0 Å². The van der Waals surface area contributed by atoms with Crippen LogP contribution in [0.25, 0.3) is 60.1 Å². The molecule has 7 N–H and O–H groups in total. The van der Waals surface area contributed by atoms with Crippen LogP contribution in [0, 0.1) is 29.1 Å². The average molecular weight is 1410 g/mol. The van der Waals surface area contributed by atoms with Gasteiger partial charge in [0.1, 0.15) is 57.6 Å². The summed E-state index contributed by atoms with van der Waals surface area (Å²) in [6.07, 6.45) is -1.47. The molecule has 0 fully saturated rings. The monoisotopic (exact) mass is 1410 g/mol. The molecule has 0 amide bonds. The number of rotatable bonds is 9. The third-order valence-corrected chi connectivity index (χ3v) is 13.2. The average Bonchev–Trinajstić information content (AvgIpc) is 4.07. The fourth-order valence-corrected chi connectivity index (χ4v) is 8.89. The van der Waals surface area contributed by atoms with Crippen LogP contribution in [-0.4, -0.2) is 129 Å². The van der Waals surface area contributed by atoms with Crippen LogP contribution in [0.3, 0.4) is 0 Å². The summed E-state index contributed by atoms with van der Waals surface area (Å²) in [5.41, 5.74) is 9.62. The minimum absolute atomic E-state index is 0. The Balaban J connectivity index is 0.000000369. The van der Waals surface area contributed by atoms with Crippen molar-refractivity contribution in [2.45, 2.75) is 39.9 Å². The first kappa shape index (κ1) is 77.3. The maximum Gasteiger partial charge on any atom is 1.00 e. The van der Waals surface area contributed by atoms with Gasteiger partial charge in [-0.3, -0.25) is 4.79 Å². The number of H-pyrrole nitrogens is 5. The van der Waals surface area contributed by atoms with Crippen LogP contribution in [0.15, 0.2) is 102 Å². The molecule has 0 saturated heterocycles. The summed E-state index contributed by atoms with van der Waals surface area (Å²) >= 11 is 4.93. The quantitative estimate of drug-likeness (QED) is 0.0178. The van der Waals surface area contributed by atoms with Crippen molar-refractivity contribution in [2.24, 2.45) is 0 Å². The van der Waals surface area contributed by atoms with Crippen LogP contribution >= 0.6 is 38.3 Å². The molecule has 0 saturated carbocycles. The number of carbonyl (C=O) groups is 6. The van der Waals surface area contributed by atoms with Gasteiger partial charge in [0.05, 0.1) is 75.3 Å². The number of methoxy groups -OCH3 is 5. The second-order valence-electron chi connectivity index (χ2n) is 18.0. The summed E-state index contributed by atoms with van der Waals surface area (Å²) in [6, 6.07) is 21.5. The number of nitrogens with one attached hydrogen (secondary N) is 5. The maximum atomic E-state index is 13.6. The fourth-order valence-electron chi connectivity index (χ4n) is 8.44. The number of fused-ring (bicyclic) bond motifs is 5. The molecule has 29 heteroatoms. The third-order valence-electron chi connectivity index (χ3n) is 12.5. The Morgan fingerprint density at radius 3 is 0.977 bits per heavy atom. The molecule has 0 aliphatic rings. The summed E-state index contributed by atoms with van der Waals surface area (Å²) in [7, 11) is 6.29. The third kappa shape index (κ3) is 18.0. The topological polar surface area (TPSA) is 268 Å². The number of Topliss-reactive ketones (excluding diaryl/α,β-unsaturated/α-hetero) is 1. The number of hydrogen-bond acceptors (Lipinski definition) is 13. The van der Waals surface area contributed by atoms with Crippen LogP contribution in [0.1, 0.15) is 119 Å². The Morgan fingerprint density at radius 2 is 0.705 bits per heavy atom. The summed E-state index contributed by atoms with van der Waals surface area (Å²) < 4.78 is 91.0. The Hall–Kier alpha value is -6.83. The van der Waals surface area contributed by atoms with E-state index in [-0.39, 0.29) is 119 Å². The van der Waals surface area contributed by atoms with Crippen molar-refractivity contribution in [3.8, 4) is 0 Å². The normalized spacial score (nSPS) is 10.8. The molecule has 10 aromatic rings. The fraction of sp³-hybridized carbons (Fsp3) is 0.186. The van der Waals surface area contributed by atoms with Gasteiger partial charge in [-0.1, -0.05) is 46.3 Å². The molecule has 5 heterocycles. The minimum Gasteiger partial charge on any atom is -1.00 e. The van der Waals surface area contributed by atoms with E-state index >= 15 is 0 Å². The standard InChI is InChI=1S/C13H12FNO2.2C12H12FNO3.C12H10FNO3.C10H7BrFNO2.BI.2B.K/c1-7(2)8-4-5-10(14)12-9(8)6-11(15-12)13(16)17-3;3*1-6(15)7-3-4-9(13)11-8(7)5-10(14-11)12(16)17-2;1-15-10(14)8-4-5-6(11)2-3-7(12)9(5)13-8;1-2;;;/h4-6,15H,1H2,2-3H3;2*3-6,14-15H,1-2H3;3-5,14H,1-2H3;2-4,13H,1H3;;;;/q;;;;;;;-1;+1. The molecule has 0 aliphatic heterocycles. The zero-order valence-corrected chi connectivity index (χ0v) is 55.7. The number of carbonyl (C=O) groups excluding carboxylic acids is 6. The number of aliphatic hydroxyl groups excluding tert-OH is 2. The number of hydrogen-bond donors (Lipinski definition) is 7. The molecule has 0 aliphatic carbocycles. The van der Waals surface area contributed by atoms with Crippen molar-refractivity contribution >= 4 is 157 Å². The first-order chi connectivity index (χ1) is 40.3. The summed E-state index contributed by atoms with van der Waals surface area (Å²) in [4.78, 5) is 81.2. The maximum absolute atomic E-state index is 13.6. The molecule has 451 valence electrons. The van der Waals surface area contributed by atoms with Gasteiger partial charge in [0, 0.05) is 45.4 Å². The zero-order valence-electron chi connectivity index (χ0n) is 48.8. The van der Waals surface area contributed by atoms with E-state index in [4.69, 9.17) is 0 Å². The van der Waals surface area contributed by atoms with Crippen molar-refractivity contribution in [1.29, 1.82) is 0 Å². The van der Waals surface area contributed by atoms with Crippen LogP contribution in [-0.2, 0) is 23.7 Å². The van der Waals surface area contributed by atoms with Crippen LogP contribution in [0.5, 0.6) is 0 Å². The minimum atomic E-state index is -0.737. The Bertz CT molecular complexity index is 3920. The molecule has 2 atom stereocenters. The number of ketones is 1. The number of benzene rings is 5. The van der Waals surface area contributed by atoms with Crippen LogP contribution < -0.4 is 51.4 Å². The van der Waals surface area contributed by atoms with Gasteiger partial charge in [-0.25, -0.2) is 45.9 Å². The van der Waals surface area contributed by atoms with E-state index in [2.05, 4.69) is 76.8 Å². The Kier molecular flexibility index (Phi) is 30.6. The summed E-state index contributed by atoms with van der Waals surface area (Å²) in [5, 5.41) is 21.7. The molecular formula is C59H53B3BrF5IKN5O13. The number of aromatic nitrogens is 5. The first-order valence-corrected chi connectivity index (χ1v) is 26.7. The van der Waals surface area contributed by atoms with Crippen LogP contribution in [0.2, 0.25) is 0 Å². The van der Waals surface area contributed by atoms with Crippen LogP contribution in [0.4, 0.5) is 22.0 Å². The Morgan fingerprint density at radius 1 is 0.466 bits per heavy atom. The number of halogens is 7. The van der Waals surface area contributed by atoms with Gasteiger partial charge < -0.3 is 67.2 Å².